The summed E-state index contributed by atoms with van der Waals surface area (Å²) in [6, 6.07) is 11.3. The Labute approximate surface area is 202 Å². The maximum absolute atomic E-state index is 12.4. The Kier molecular flexibility index (Phi) is 9.06. The maximum Gasteiger partial charge on any atom is 0.490 e. The number of aliphatic carboxylic acids is 1. The van der Waals surface area contributed by atoms with E-state index in [0.717, 1.165) is 0 Å². The fourth-order valence-electron chi connectivity index (χ4n) is 3.16. The molecule has 0 spiro atoms. The predicted octanol–water partition coefficient (Wildman–Crippen LogP) is 3.59. The average molecular weight is 516 g/mol. The Morgan fingerprint density at radius 1 is 0.971 bits per heavy atom. The summed E-state index contributed by atoms with van der Waals surface area (Å²) in [5.41, 5.74) is 1.43. The summed E-state index contributed by atoms with van der Waals surface area (Å²) in [6.45, 7) is 3.71. The third kappa shape index (κ3) is 7.88. The Bertz CT molecular complexity index is 1120. The minimum Gasteiger partial charge on any atom is -0.478 e. The lowest BCUT2D eigenvalue weighted by Crippen LogP contribution is -2.48. The molecule has 1 fully saturated rings. The second-order valence-electron chi connectivity index (χ2n) is 7.30. The molecule has 1 saturated heterocycles. The highest BCUT2D eigenvalue weighted by atomic mass is 35.5. The predicted molar refractivity (Wildman–Crippen MR) is 121 cm³/mol. The van der Waals surface area contributed by atoms with Crippen LogP contribution in [-0.4, -0.2) is 71.2 Å². The Hall–Kier alpha value is -3.80. The van der Waals surface area contributed by atoms with E-state index in [-0.39, 0.29) is 17.4 Å². The van der Waals surface area contributed by atoms with Crippen LogP contribution in [0.15, 0.2) is 42.5 Å². The SMILES string of the molecule is CC(=O)N1CCN(c2ccc(NC(=O)c3cccc(Cl)c3)cc2C(=O)O)CC1.O=C(O)C(F)(F)F. The molecule has 2 aromatic rings. The highest BCUT2D eigenvalue weighted by Gasteiger charge is 2.38. The summed E-state index contributed by atoms with van der Waals surface area (Å²) in [4.78, 5) is 48.2. The molecule has 2 aromatic carbocycles. The van der Waals surface area contributed by atoms with Crippen LogP contribution < -0.4 is 10.2 Å². The van der Waals surface area contributed by atoms with Crippen LogP contribution in [0.2, 0.25) is 5.02 Å². The fourth-order valence-corrected chi connectivity index (χ4v) is 3.35. The normalized spacial score (nSPS) is 13.4. The molecule has 0 atom stereocenters. The number of carbonyl (C=O) groups excluding carboxylic acids is 2. The van der Waals surface area contributed by atoms with E-state index in [1.807, 2.05) is 4.90 Å². The Balaban J connectivity index is 0.000000540. The van der Waals surface area contributed by atoms with Crippen LogP contribution in [0.5, 0.6) is 0 Å². The Morgan fingerprint density at radius 2 is 1.57 bits per heavy atom. The van der Waals surface area contributed by atoms with Crippen LogP contribution >= 0.6 is 11.6 Å². The first-order chi connectivity index (χ1) is 16.3. The number of halogens is 4. The molecule has 3 N–H and O–H groups in total. The Morgan fingerprint density at radius 3 is 2.06 bits per heavy atom. The summed E-state index contributed by atoms with van der Waals surface area (Å²) in [5, 5.41) is 19.9. The number of hydrogen-bond acceptors (Lipinski definition) is 5. The van der Waals surface area contributed by atoms with E-state index >= 15 is 0 Å². The van der Waals surface area contributed by atoms with E-state index in [1.54, 1.807) is 35.2 Å². The van der Waals surface area contributed by atoms with E-state index in [2.05, 4.69) is 5.32 Å². The van der Waals surface area contributed by atoms with Crippen LogP contribution in [0.3, 0.4) is 0 Å². The number of carboxylic acids is 2. The van der Waals surface area contributed by atoms with Gasteiger partial charge in [-0.05, 0) is 36.4 Å². The first kappa shape index (κ1) is 27.4. The molecule has 0 aliphatic carbocycles. The van der Waals surface area contributed by atoms with Crippen molar-refractivity contribution in [1.29, 1.82) is 0 Å². The molecule has 2 amide bonds. The van der Waals surface area contributed by atoms with Gasteiger partial charge in [0.1, 0.15) is 0 Å². The number of aromatic carboxylic acids is 1. The fraction of sp³-hybridized carbons (Fsp3) is 0.273. The summed E-state index contributed by atoms with van der Waals surface area (Å²) >= 11 is 5.91. The van der Waals surface area contributed by atoms with Gasteiger partial charge in [-0.15, -0.1) is 0 Å². The molecule has 1 aliphatic rings. The molecule has 0 aromatic heterocycles. The molecule has 35 heavy (non-hydrogen) atoms. The standard InChI is InChI=1S/C20H20ClN3O4.C2HF3O2/c1-13(25)23-7-9-24(10-8-23)18-6-5-16(12-17(18)20(27)28)22-19(26)14-3-2-4-15(21)11-14;3-2(4,5)1(6)7/h2-6,11-12H,7-10H2,1H3,(H,22,26)(H,27,28);(H,6,7). The highest BCUT2D eigenvalue weighted by molar-refractivity contribution is 6.31. The van der Waals surface area contributed by atoms with Gasteiger partial charge in [-0.3, -0.25) is 9.59 Å². The van der Waals surface area contributed by atoms with E-state index in [9.17, 15) is 32.7 Å². The van der Waals surface area contributed by atoms with E-state index < -0.39 is 18.1 Å². The number of rotatable bonds is 4. The van der Waals surface area contributed by atoms with Gasteiger partial charge in [0.2, 0.25) is 5.91 Å². The van der Waals surface area contributed by atoms with Crippen molar-refractivity contribution in [1.82, 2.24) is 4.90 Å². The number of anilines is 2. The van der Waals surface area contributed by atoms with Crippen LogP contribution in [-0.2, 0) is 9.59 Å². The van der Waals surface area contributed by atoms with Crippen molar-refractivity contribution in [3.8, 4) is 0 Å². The lowest BCUT2D eigenvalue weighted by Gasteiger charge is -2.36. The zero-order valence-electron chi connectivity index (χ0n) is 18.3. The molecule has 13 heteroatoms. The molecule has 0 radical (unpaired) electrons. The zero-order chi connectivity index (χ0) is 26.3. The monoisotopic (exact) mass is 515 g/mol. The number of carboxylic acid groups (broad SMARTS) is 2. The third-order valence-corrected chi connectivity index (χ3v) is 5.11. The molecule has 0 unspecified atom stereocenters. The molecule has 9 nitrogen and oxygen atoms in total. The van der Waals surface area contributed by atoms with Gasteiger partial charge in [0.25, 0.3) is 5.91 Å². The summed E-state index contributed by atoms with van der Waals surface area (Å²) in [5.74, 6) is -4.20. The van der Waals surface area contributed by atoms with Gasteiger partial charge in [-0.1, -0.05) is 17.7 Å². The zero-order valence-corrected chi connectivity index (χ0v) is 19.1. The second-order valence-corrected chi connectivity index (χ2v) is 7.73. The van der Waals surface area contributed by atoms with Crippen molar-refractivity contribution in [2.24, 2.45) is 0 Å². The number of alkyl halides is 3. The quantitative estimate of drug-likeness (QED) is 0.568. The lowest BCUT2D eigenvalue weighted by molar-refractivity contribution is -0.192. The number of amides is 2. The molecular weight excluding hydrogens is 495 g/mol. The van der Waals surface area contributed by atoms with E-state index in [4.69, 9.17) is 21.5 Å². The first-order valence-electron chi connectivity index (χ1n) is 10.0. The van der Waals surface area contributed by atoms with Crippen LogP contribution in [0.4, 0.5) is 24.5 Å². The van der Waals surface area contributed by atoms with Crippen LogP contribution in [0, 0.1) is 0 Å². The van der Waals surface area contributed by atoms with Crippen LogP contribution in [0.25, 0.3) is 0 Å². The topological polar surface area (TPSA) is 127 Å². The van der Waals surface area contributed by atoms with Gasteiger partial charge in [-0.2, -0.15) is 13.2 Å². The highest BCUT2D eigenvalue weighted by Crippen LogP contribution is 2.26. The summed E-state index contributed by atoms with van der Waals surface area (Å²) < 4.78 is 31.7. The van der Waals surface area contributed by atoms with Crippen molar-refractivity contribution >= 4 is 46.7 Å². The van der Waals surface area contributed by atoms with E-state index in [0.29, 0.717) is 48.1 Å². The minimum absolute atomic E-state index is 0.0113. The van der Waals surface area contributed by atoms with Crippen LogP contribution in [0.1, 0.15) is 27.6 Å². The van der Waals surface area contributed by atoms with Gasteiger partial charge in [0.15, 0.2) is 0 Å². The number of piperazine rings is 1. The average Bonchev–Trinajstić information content (AvgIpc) is 2.79. The third-order valence-electron chi connectivity index (χ3n) is 4.88. The van der Waals surface area contributed by atoms with Crippen molar-refractivity contribution in [3.05, 3.63) is 58.6 Å². The van der Waals surface area contributed by atoms with Gasteiger partial charge < -0.3 is 25.3 Å². The molecule has 0 bridgehead atoms. The van der Waals surface area contributed by atoms with Crippen molar-refractivity contribution < 1.29 is 42.6 Å². The number of nitrogens with one attached hydrogen (secondary N) is 1. The number of carbonyl (C=O) groups is 4. The van der Waals surface area contributed by atoms with Gasteiger partial charge >= 0.3 is 18.1 Å². The number of hydrogen-bond donors (Lipinski definition) is 3. The molecule has 0 saturated carbocycles. The molecule has 1 heterocycles. The first-order valence-corrected chi connectivity index (χ1v) is 10.4. The molecule has 3 rings (SSSR count). The van der Waals surface area contributed by atoms with Gasteiger partial charge in [-0.25, -0.2) is 9.59 Å². The van der Waals surface area contributed by atoms with Gasteiger partial charge in [0.05, 0.1) is 11.3 Å². The van der Waals surface area contributed by atoms with Gasteiger partial charge in [0, 0.05) is 49.4 Å². The van der Waals surface area contributed by atoms with Crippen molar-refractivity contribution in [2.75, 3.05) is 36.4 Å². The summed E-state index contributed by atoms with van der Waals surface area (Å²) in [7, 11) is 0. The maximum atomic E-state index is 12.4. The van der Waals surface area contributed by atoms with Crippen molar-refractivity contribution in [3.63, 3.8) is 0 Å². The molecular formula is C22H21ClF3N3O6. The second kappa shape index (κ2) is 11.6. The minimum atomic E-state index is -5.08. The largest absolute Gasteiger partial charge is 0.490 e. The smallest absolute Gasteiger partial charge is 0.478 e. The molecule has 1 aliphatic heterocycles. The van der Waals surface area contributed by atoms with E-state index in [1.165, 1.54) is 19.1 Å². The summed E-state index contributed by atoms with van der Waals surface area (Å²) in [6.07, 6.45) is -5.08. The lowest BCUT2D eigenvalue weighted by atomic mass is 10.1. The number of nitrogens with zero attached hydrogens (tertiary/aromatic N) is 2. The van der Waals surface area contributed by atoms with Crippen molar-refractivity contribution in [2.45, 2.75) is 13.1 Å². The number of benzene rings is 2. The molecule has 188 valence electrons.